The minimum Gasteiger partial charge on any atom is -0.313 e. The van der Waals surface area contributed by atoms with E-state index in [2.05, 4.69) is 22.3 Å². The predicted octanol–water partition coefficient (Wildman–Crippen LogP) is 7.54. The van der Waals surface area contributed by atoms with Crippen LogP contribution < -0.4 is 5.32 Å². The molecule has 1 fully saturated rings. The van der Waals surface area contributed by atoms with E-state index in [0.29, 0.717) is 6.04 Å². The van der Waals surface area contributed by atoms with Crippen LogP contribution in [0.25, 0.3) is 0 Å². The van der Waals surface area contributed by atoms with Crippen LogP contribution in [0.1, 0.15) is 34.8 Å². The summed E-state index contributed by atoms with van der Waals surface area (Å²) in [6, 6.07) is 21.9. The number of rotatable bonds is 9. The monoisotopic (exact) mass is 558 g/mol. The SMILES string of the molecule is Cl.Cl.Fc1ccc(C(SCCNC2CCN(Cc3ccc(Cl)cc3)CC2)c2ccc(F)cc2)cc1. The van der Waals surface area contributed by atoms with Crippen molar-refractivity contribution < 1.29 is 8.78 Å². The lowest BCUT2D eigenvalue weighted by Gasteiger charge is -2.32. The first kappa shape index (κ1) is 29.9. The minimum absolute atomic E-state index is 0. The van der Waals surface area contributed by atoms with Crippen molar-refractivity contribution in [3.8, 4) is 0 Å². The number of benzene rings is 3. The van der Waals surface area contributed by atoms with E-state index in [1.165, 1.54) is 29.8 Å². The van der Waals surface area contributed by atoms with Gasteiger partial charge in [0.15, 0.2) is 0 Å². The maximum absolute atomic E-state index is 13.4. The second-order valence-electron chi connectivity index (χ2n) is 8.48. The molecular formula is C27H31Cl3F2N2S. The molecule has 0 amide bonds. The first-order chi connectivity index (χ1) is 16.1. The summed E-state index contributed by atoms with van der Waals surface area (Å²) in [6.07, 6.45) is 2.27. The number of hydrogen-bond donors (Lipinski definition) is 1. The number of thioether (sulfide) groups is 1. The molecule has 8 heteroatoms. The average Bonchev–Trinajstić information content (AvgIpc) is 2.83. The van der Waals surface area contributed by atoms with Crippen molar-refractivity contribution >= 4 is 48.2 Å². The molecule has 1 saturated heterocycles. The molecule has 1 aliphatic rings. The number of nitrogens with one attached hydrogen (secondary N) is 1. The van der Waals surface area contributed by atoms with Crippen LogP contribution in [0.3, 0.4) is 0 Å². The summed E-state index contributed by atoms with van der Waals surface area (Å²) in [7, 11) is 0. The maximum Gasteiger partial charge on any atom is 0.123 e. The zero-order chi connectivity index (χ0) is 23.0. The van der Waals surface area contributed by atoms with Gasteiger partial charge in [-0.3, -0.25) is 4.90 Å². The van der Waals surface area contributed by atoms with Gasteiger partial charge in [-0.2, -0.15) is 0 Å². The zero-order valence-corrected chi connectivity index (χ0v) is 22.5. The number of likely N-dealkylation sites (tertiary alicyclic amines) is 1. The van der Waals surface area contributed by atoms with Crippen molar-refractivity contribution in [3.63, 3.8) is 0 Å². The second-order valence-corrected chi connectivity index (χ2v) is 10.1. The van der Waals surface area contributed by atoms with Gasteiger partial charge in [0.05, 0.1) is 5.25 Å². The van der Waals surface area contributed by atoms with Crippen molar-refractivity contribution in [3.05, 3.63) is 106 Å². The lowest BCUT2D eigenvalue weighted by Crippen LogP contribution is -2.42. The molecule has 4 rings (SSSR count). The van der Waals surface area contributed by atoms with Gasteiger partial charge in [-0.05, 0) is 79.0 Å². The molecule has 0 unspecified atom stereocenters. The van der Waals surface area contributed by atoms with Crippen LogP contribution in [0.15, 0.2) is 72.8 Å². The molecule has 1 N–H and O–H groups in total. The van der Waals surface area contributed by atoms with E-state index in [0.717, 1.165) is 60.9 Å². The Morgan fingerprint density at radius 3 is 1.86 bits per heavy atom. The molecule has 1 heterocycles. The largest absolute Gasteiger partial charge is 0.313 e. The van der Waals surface area contributed by atoms with Crippen LogP contribution in [-0.2, 0) is 6.54 Å². The third-order valence-corrected chi connectivity index (χ3v) is 7.64. The molecule has 2 nitrogen and oxygen atoms in total. The Balaban J connectivity index is 0.00000216. The average molecular weight is 560 g/mol. The van der Waals surface area contributed by atoms with Crippen LogP contribution in [0.2, 0.25) is 5.02 Å². The molecule has 0 spiro atoms. The summed E-state index contributed by atoms with van der Waals surface area (Å²) in [5.74, 6) is 0.432. The Kier molecular flexibility index (Phi) is 12.8. The summed E-state index contributed by atoms with van der Waals surface area (Å²) in [5, 5.41) is 4.53. The van der Waals surface area contributed by atoms with Crippen molar-refractivity contribution in [1.82, 2.24) is 10.2 Å². The van der Waals surface area contributed by atoms with Crippen LogP contribution in [0, 0.1) is 11.6 Å². The summed E-state index contributed by atoms with van der Waals surface area (Å²) < 4.78 is 26.8. The Morgan fingerprint density at radius 1 is 0.829 bits per heavy atom. The fourth-order valence-corrected chi connectivity index (χ4v) is 5.54. The van der Waals surface area contributed by atoms with Crippen LogP contribution in [-0.4, -0.2) is 36.3 Å². The van der Waals surface area contributed by atoms with Crippen molar-refractivity contribution in [2.45, 2.75) is 30.7 Å². The van der Waals surface area contributed by atoms with Gasteiger partial charge in [-0.1, -0.05) is 48.0 Å². The lowest BCUT2D eigenvalue weighted by atomic mass is 10.0. The highest BCUT2D eigenvalue weighted by atomic mass is 35.5. The molecule has 190 valence electrons. The smallest absolute Gasteiger partial charge is 0.123 e. The highest BCUT2D eigenvalue weighted by molar-refractivity contribution is 7.99. The highest BCUT2D eigenvalue weighted by Gasteiger charge is 2.19. The summed E-state index contributed by atoms with van der Waals surface area (Å²) in [6.45, 7) is 4.05. The zero-order valence-electron chi connectivity index (χ0n) is 19.3. The number of nitrogens with zero attached hydrogens (tertiary/aromatic N) is 1. The van der Waals surface area contributed by atoms with E-state index in [4.69, 9.17) is 11.6 Å². The molecule has 3 aromatic carbocycles. The fraction of sp³-hybridized carbons (Fsp3) is 0.333. The molecule has 0 radical (unpaired) electrons. The Bertz CT molecular complexity index is 951. The van der Waals surface area contributed by atoms with E-state index in [1.54, 1.807) is 11.8 Å². The standard InChI is InChI=1S/C27H29ClF2N2S.2ClH/c28-23-7-1-20(2-8-23)19-32-16-13-26(14-17-32)31-15-18-33-27(21-3-9-24(29)10-4-21)22-5-11-25(30)12-6-22;;/h1-12,26-27,31H,13-19H2;2*1H. The maximum atomic E-state index is 13.4. The first-order valence-corrected chi connectivity index (χ1v) is 12.8. The Morgan fingerprint density at radius 2 is 1.34 bits per heavy atom. The summed E-state index contributed by atoms with van der Waals surface area (Å²) >= 11 is 7.78. The van der Waals surface area contributed by atoms with Gasteiger partial charge in [0.25, 0.3) is 0 Å². The molecule has 0 aromatic heterocycles. The normalized spacial score (nSPS) is 14.4. The van der Waals surface area contributed by atoms with Crippen molar-refractivity contribution in [1.29, 1.82) is 0 Å². The second kappa shape index (κ2) is 15.0. The van der Waals surface area contributed by atoms with E-state index in [9.17, 15) is 8.78 Å². The van der Waals surface area contributed by atoms with Gasteiger partial charge >= 0.3 is 0 Å². The number of hydrogen-bond acceptors (Lipinski definition) is 3. The number of halogens is 5. The van der Waals surface area contributed by atoms with Gasteiger partial charge in [0.2, 0.25) is 0 Å². The highest BCUT2D eigenvalue weighted by Crippen LogP contribution is 2.35. The minimum atomic E-state index is -0.245. The third-order valence-electron chi connectivity index (χ3n) is 6.07. The third kappa shape index (κ3) is 9.23. The van der Waals surface area contributed by atoms with Gasteiger partial charge in [-0.25, -0.2) is 8.78 Å². The molecule has 1 aliphatic heterocycles. The van der Waals surface area contributed by atoms with Crippen LogP contribution in [0.4, 0.5) is 8.78 Å². The topological polar surface area (TPSA) is 15.3 Å². The fourth-order valence-electron chi connectivity index (χ4n) is 4.24. The molecule has 0 aliphatic carbocycles. The van der Waals surface area contributed by atoms with Gasteiger partial charge in [-0.15, -0.1) is 36.6 Å². The molecule has 35 heavy (non-hydrogen) atoms. The summed E-state index contributed by atoms with van der Waals surface area (Å²) in [4.78, 5) is 2.50. The van der Waals surface area contributed by atoms with Crippen LogP contribution in [0.5, 0.6) is 0 Å². The Hall–Kier alpha value is -1.34. The Labute approximate surface area is 228 Å². The predicted molar refractivity (Wildman–Crippen MR) is 149 cm³/mol. The molecule has 0 bridgehead atoms. The molecular weight excluding hydrogens is 529 g/mol. The van der Waals surface area contributed by atoms with Crippen LogP contribution >= 0.6 is 48.2 Å². The summed E-state index contributed by atoms with van der Waals surface area (Å²) in [5.41, 5.74) is 3.36. The van der Waals surface area contributed by atoms with E-state index in [-0.39, 0.29) is 41.7 Å². The van der Waals surface area contributed by atoms with E-state index >= 15 is 0 Å². The van der Waals surface area contributed by atoms with E-state index < -0.39 is 0 Å². The van der Waals surface area contributed by atoms with Crippen molar-refractivity contribution in [2.24, 2.45) is 0 Å². The quantitative estimate of drug-likeness (QED) is 0.273. The van der Waals surface area contributed by atoms with Gasteiger partial charge in [0.1, 0.15) is 11.6 Å². The van der Waals surface area contributed by atoms with Gasteiger partial charge in [0, 0.05) is 29.9 Å². The molecule has 0 atom stereocenters. The molecule has 0 saturated carbocycles. The number of piperidine rings is 1. The first-order valence-electron chi connectivity index (χ1n) is 11.4. The lowest BCUT2D eigenvalue weighted by molar-refractivity contribution is 0.192. The molecule has 3 aromatic rings. The van der Waals surface area contributed by atoms with Crippen molar-refractivity contribution in [2.75, 3.05) is 25.4 Å². The van der Waals surface area contributed by atoms with E-state index in [1.807, 2.05) is 36.4 Å². The van der Waals surface area contributed by atoms with Gasteiger partial charge < -0.3 is 5.32 Å².